The van der Waals surface area contributed by atoms with Gasteiger partial charge in [0.15, 0.2) is 0 Å². The monoisotopic (exact) mass is 643 g/mol. The van der Waals surface area contributed by atoms with E-state index >= 15 is 0 Å². The van der Waals surface area contributed by atoms with Crippen LogP contribution in [0.15, 0.2) is 30.6 Å². The van der Waals surface area contributed by atoms with E-state index in [0.717, 1.165) is 0 Å². The Bertz CT molecular complexity index is 1040. The fraction of sp³-hybridized carbons (Fsp3) is 0.667. The van der Waals surface area contributed by atoms with Crippen LogP contribution in [0, 0.1) is 0 Å². The van der Waals surface area contributed by atoms with Gasteiger partial charge >= 0.3 is 53.6 Å². The lowest BCUT2D eigenvalue weighted by molar-refractivity contribution is -0.468. The molecule has 0 atom stereocenters. The Morgan fingerprint density at radius 1 is 0.487 bits per heavy atom. The van der Waals surface area contributed by atoms with E-state index in [4.69, 9.17) is 4.55 Å². The van der Waals surface area contributed by atoms with Crippen LogP contribution in [0.4, 0.5) is 83.4 Å². The fourth-order valence-corrected chi connectivity index (χ4v) is 2.67. The average molecular weight is 643 g/mol. The molecule has 0 aliphatic carbocycles. The van der Waals surface area contributed by atoms with Crippen LogP contribution in [0.2, 0.25) is 0 Å². The summed E-state index contributed by atoms with van der Waals surface area (Å²) < 4.78 is 273. The maximum absolute atomic E-state index is 13.3. The number of rotatable bonds is 9. The molecule has 0 radical (unpaired) electrons. The van der Waals surface area contributed by atoms with Gasteiger partial charge in [0, 0.05) is 12.4 Å². The lowest BCUT2D eigenvalue weighted by atomic mass is 9.87. The molecule has 39 heavy (non-hydrogen) atoms. The first kappa shape index (κ1) is 36.7. The highest BCUT2D eigenvalue weighted by Gasteiger charge is 2.96. The van der Waals surface area contributed by atoms with E-state index in [1.54, 1.807) is 12.4 Å². The van der Waals surface area contributed by atoms with Crippen molar-refractivity contribution in [2.24, 2.45) is 0 Å². The molecule has 1 heterocycles. The Morgan fingerprint density at radius 2 is 0.769 bits per heavy atom. The molecule has 0 saturated carbocycles. The minimum Gasteiger partial charge on any atom is -0.285 e. The number of alkyl halides is 19. The summed E-state index contributed by atoms with van der Waals surface area (Å²) in [7, 11) is -6.58. The predicted octanol–water partition coefficient (Wildman–Crippen LogP) is 6.60. The van der Waals surface area contributed by atoms with Gasteiger partial charge in [-0.2, -0.15) is 91.8 Å². The van der Waals surface area contributed by atoms with Gasteiger partial charge in [-0.15, -0.1) is 0 Å². The van der Waals surface area contributed by atoms with E-state index in [1.165, 1.54) is 0 Å². The molecule has 1 aromatic rings. The number of aromatic nitrogens is 1. The first-order valence-electron chi connectivity index (χ1n) is 8.60. The molecule has 24 heteroatoms. The molecule has 0 spiro atoms. The van der Waals surface area contributed by atoms with Crippen molar-refractivity contribution in [3.8, 4) is 0 Å². The normalized spacial score (nSPS) is 15.5. The number of pyridine rings is 1. The minimum atomic E-state index is -9.08. The zero-order chi connectivity index (χ0) is 31.9. The quantitative estimate of drug-likeness (QED) is 0.244. The molecule has 230 valence electrons. The van der Waals surface area contributed by atoms with E-state index in [1.807, 2.05) is 18.2 Å². The van der Waals surface area contributed by atoms with Crippen molar-refractivity contribution < 1.29 is 96.4 Å². The summed E-state index contributed by atoms with van der Waals surface area (Å²) in [4.78, 5) is 3.78. The van der Waals surface area contributed by atoms with Crippen LogP contribution in [0.5, 0.6) is 0 Å². The van der Waals surface area contributed by atoms with Gasteiger partial charge < -0.3 is 0 Å². The second-order valence-corrected chi connectivity index (χ2v) is 8.43. The van der Waals surface area contributed by atoms with E-state index < -0.39 is 69.4 Å². The number of nitrogens with zero attached hydrogens (tertiary/aromatic N) is 1. The lowest BCUT2D eigenvalue weighted by Crippen LogP contribution is -2.76. The highest BCUT2D eigenvalue weighted by Crippen LogP contribution is 2.65. The number of halogens is 19. The SMILES string of the molecule is O=S(=O)(O)CC(F)(F)C(F)(F)C(F)(F)C(F)(F)C(F)(F)C(F)(F)C(F)(F)C(F)(F)C(F)(F)F.c1ccncc1. The van der Waals surface area contributed by atoms with E-state index in [2.05, 4.69) is 4.98 Å². The molecular weight excluding hydrogens is 635 g/mol. The van der Waals surface area contributed by atoms with Gasteiger partial charge in [0.1, 0.15) is 5.75 Å². The Labute approximate surface area is 202 Å². The van der Waals surface area contributed by atoms with Crippen LogP contribution in [-0.4, -0.2) is 77.3 Å². The smallest absolute Gasteiger partial charge is 0.285 e. The standard InChI is InChI=1S/C10H3F19O3S.C5H5N/c11-2(12,1-33(30,31)32)3(13,14)4(15,16)5(17,18)6(19,20)7(21,22)8(23,24)9(25,26)10(27,28)29;1-2-4-6-5-3-1/h1H2,(H,30,31,32);1-5H. The summed E-state index contributed by atoms with van der Waals surface area (Å²) >= 11 is 0. The first-order valence-corrected chi connectivity index (χ1v) is 10.2. The number of hydrogen-bond donors (Lipinski definition) is 1. The second-order valence-electron chi connectivity index (χ2n) is 6.97. The molecule has 1 N–H and O–H groups in total. The van der Waals surface area contributed by atoms with E-state index in [-0.39, 0.29) is 0 Å². The summed E-state index contributed by atoms with van der Waals surface area (Å²) in [6.45, 7) is 0. The van der Waals surface area contributed by atoms with Crippen molar-refractivity contribution in [2.75, 3.05) is 5.75 Å². The van der Waals surface area contributed by atoms with Gasteiger partial charge in [0.05, 0.1) is 0 Å². The molecule has 0 saturated heterocycles. The highest BCUT2D eigenvalue weighted by molar-refractivity contribution is 7.85. The molecule has 0 bridgehead atoms. The summed E-state index contributed by atoms with van der Waals surface area (Å²) in [5, 5.41) is 0. The van der Waals surface area contributed by atoms with Crippen LogP contribution in [-0.2, 0) is 10.1 Å². The maximum Gasteiger partial charge on any atom is 0.460 e. The Balaban J connectivity index is 0.00000210. The summed E-state index contributed by atoms with van der Waals surface area (Å²) in [5.74, 6) is -72.7. The second kappa shape index (κ2) is 10.3. The van der Waals surface area contributed by atoms with Crippen molar-refractivity contribution >= 4 is 10.1 Å². The van der Waals surface area contributed by atoms with Crippen LogP contribution in [0.1, 0.15) is 0 Å². The van der Waals surface area contributed by atoms with Gasteiger partial charge in [0.25, 0.3) is 10.1 Å². The third-order valence-corrected chi connectivity index (χ3v) is 4.84. The maximum atomic E-state index is 13.3. The van der Waals surface area contributed by atoms with Crippen LogP contribution >= 0.6 is 0 Å². The molecule has 1 aromatic heterocycles. The van der Waals surface area contributed by atoms with Crippen molar-refractivity contribution in [2.45, 2.75) is 53.6 Å². The molecule has 1 rings (SSSR count). The average Bonchev–Trinajstić information content (AvgIpc) is 2.71. The van der Waals surface area contributed by atoms with Gasteiger partial charge in [-0.1, -0.05) is 6.07 Å². The summed E-state index contributed by atoms with van der Waals surface area (Å²) in [6, 6.07) is 5.72. The third kappa shape index (κ3) is 6.09. The number of hydrogen-bond acceptors (Lipinski definition) is 3. The van der Waals surface area contributed by atoms with Gasteiger partial charge in [-0.25, -0.2) is 0 Å². The zero-order valence-electron chi connectivity index (χ0n) is 17.4. The molecule has 0 amide bonds. The van der Waals surface area contributed by atoms with E-state index in [9.17, 15) is 91.8 Å². The molecule has 0 fully saturated rings. The Kier molecular flexibility index (Phi) is 9.69. The molecule has 0 aliphatic heterocycles. The molecule has 0 unspecified atom stereocenters. The van der Waals surface area contributed by atoms with Gasteiger partial charge in [0.2, 0.25) is 0 Å². The van der Waals surface area contributed by atoms with Crippen molar-refractivity contribution in [1.82, 2.24) is 4.98 Å². The highest BCUT2D eigenvalue weighted by atomic mass is 32.2. The molecule has 0 aliphatic rings. The predicted molar refractivity (Wildman–Crippen MR) is 86.3 cm³/mol. The summed E-state index contributed by atoms with van der Waals surface area (Å²) in [6.07, 6.45) is -4.47. The first-order chi connectivity index (χ1) is 16.7. The topological polar surface area (TPSA) is 67.3 Å². The Hall–Kier alpha value is -2.27. The molecular formula is C15H8F19NO3S. The molecule has 4 nitrogen and oxygen atoms in total. The van der Waals surface area contributed by atoms with Gasteiger partial charge in [-0.05, 0) is 12.1 Å². The zero-order valence-corrected chi connectivity index (χ0v) is 18.2. The van der Waals surface area contributed by atoms with Crippen molar-refractivity contribution in [1.29, 1.82) is 0 Å². The fourth-order valence-electron chi connectivity index (χ4n) is 2.03. The Morgan fingerprint density at radius 3 is 0.974 bits per heavy atom. The van der Waals surface area contributed by atoms with Crippen molar-refractivity contribution in [3.63, 3.8) is 0 Å². The van der Waals surface area contributed by atoms with Crippen LogP contribution < -0.4 is 0 Å². The minimum absolute atomic E-state index is 1.75. The van der Waals surface area contributed by atoms with Crippen molar-refractivity contribution in [3.05, 3.63) is 30.6 Å². The van der Waals surface area contributed by atoms with E-state index in [0.29, 0.717) is 0 Å². The van der Waals surface area contributed by atoms with Gasteiger partial charge in [-0.3, -0.25) is 9.54 Å². The molecule has 0 aromatic carbocycles. The summed E-state index contributed by atoms with van der Waals surface area (Å²) in [5.41, 5.74) is 0. The third-order valence-electron chi connectivity index (χ3n) is 4.11. The van der Waals surface area contributed by atoms with Crippen LogP contribution in [0.25, 0.3) is 0 Å². The van der Waals surface area contributed by atoms with Crippen LogP contribution in [0.3, 0.4) is 0 Å². The largest absolute Gasteiger partial charge is 0.460 e. The lowest BCUT2D eigenvalue weighted by Gasteiger charge is -2.43.